The quantitative estimate of drug-likeness (QED) is 0.865. The van der Waals surface area contributed by atoms with Crippen LogP contribution in [-0.2, 0) is 4.79 Å². The van der Waals surface area contributed by atoms with Crippen LogP contribution < -0.4 is 10.2 Å². The molecule has 0 saturated carbocycles. The number of hydrogen-bond donors (Lipinski definition) is 2. The molecule has 0 aromatic heterocycles. The van der Waals surface area contributed by atoms with E-state index in [0.717, 1.165) is 18.2 Å². The van der Waals surface area contributed by atoms with Crippen molar-refractivity contribution >= 4 is 11.6 Å². The first kappa shape index (κ1) is 15.0. The molecule has 2 atom stereocenters. The minimum absolute atomic E-state index is 0.140. The van der Waals surface area contributed by atoms with Crippen LogP contribution >= 0.6 is 0 Å². The number of quaternary nitrogens is 1. The van der Waals surface area contributed by atoms with Gasteiger partial charge >= 0.3 is 0 Å². The van der Waals surface area contributed by atoms with Gasteiger partial charge in [0.1, 0.15) is 0 Å². The van der Waals surface area contributed by atoms with Gasteiger partial charge in [-0.25, -0.2) is 0 Å². The molecule has 0 aliphatic carbocycles. The smallest absolute Gasteiger partial charge is 0.230 e. The molecule has 1 amide bonds. The van der Waals surface area contributed by atoms with Gasteiger partial charge in [-0.3, -0.25) is 4.79 Å². The Morgan fingerprint density at radius 2 is 2.00 bits per heavy atom. The predicted molar refractivity (Wildman–Crippen MR) is 83.1 cm³/mol. The third-order valence-electron chi connectivity index (χ3n) is 4.08. The fourth-order valence-electron chi connectivity index (χ4n) is 3.19. The summed E-state index contributed by atoms with van der Waals surface area (Å²) in [5, 5.41) is 3.02. The van der Waals surface area contributed by atoms with E-state index in [1.54, 1.807) is 4.90 Å². The fourth-order valence-corrected chi connectivity index (χ4v) is 3.19. The van der Waals surface area contributed by atoms with Crippen LogP contribution in [0.1, 0.15) is 37.3 Å². The lowest BCUT2D eigenvalue weighted by Crippen LogP contribution is -3.13. The lowest BCUT2D eigenvalue weighted by atomic mass is 10.0. The molecule has 20 heavy (non-hydrogen) atoms. The molecule has 2 N–H and O–H groups in total. The third-order valence-corrected chi connectivity index (χ3v) is 4.08. The first-order valence-corrected chi connectivity index (χ1v) is 7.74. The van der Waals surface area contributed by atoms with Gasteiger partial charge in [-0.15, -0.1) is 0 Å². The SMILES string of the molecule is Cc1cc(C)cc(NC(=O)CC[NH+]2CCC[C@H](C)C2)c1. The Labute approximate surface area is 122 Å². The largest absolute Gasteiger partial charge is 0.334 e. The van der Waals surface area contributed by atoms with Gasteiger partial charge in [-0.05, 0) is 49.9 Å². The molecule has 0 spiro atoms. The Morgan fingerprint density at radius 3 is 2.65 bits per heavy atom. The molecule has 3 heteroatoms. The zero-order valence-corrected chi connectivity index (χ0v) is 13.0. The van der Waals surface area contributed by atoms with E-state index in [4.69, 9.17) is 0 Å². The molecule has 0 bridgehead atoms. The van der Waals surface area contributed by atoms with E-state index in [2.05, 4.69) is 32.2 Å². The number of carbonyl (C=O) groups excluding carboxylic acids is 1. The van der Waals surface area contributed by atoms with Gasteiger partial charge < -0.3 is 10.2 Å². The third kappa shape index (κ3) is 4.64. The second-order valence-corrected chi connectivity index (χ2v) is 6.38. The van der Waals surface area contributed by atoms with Crippen molar-refractivity contribution in [2.75, 3.05) is 25.0 Å². The molecular formula is C17H27N2O+. The maximum absolute atomic E-state index is 12.0. The highest BCUT2D eigenvalue weighted by Gasteiger charge is 2.20. The van der Waals surface area contributed by atoms with E-state index in [1.807, 2.05) is 12.1 Å². The maximum Gasteiger partial charge on any atom is 0.230 e. The Kier molecular flexibility index (Phi) is 5.18. The highest BCUT2D eigenvalue weighted by Crippen LogP contribution is 2.13. The van der Waals surface area contributed by atoms with Crippen molar-refractivity contribution in [1.82, 2.24) is 0 Å². The maximum atomic E-state index is 12.0. The first-order chi connectivity index (χ1) is 9.52. The van der Waals surface area contributed by atoms with E-state index in [9.17, 15) is 4.79 Å². The number of rotatable bonds is 4. The molecule has 1 fully saturated rings. The number of likely N-dealkylation sites (tertiary alicyclic amines) is 1. The summed E-state index contributed by atoms with van der Waals surface area (Å²) in [6.45, 7) is 9.83. The van der Waals surface area contributed by atoms with Gasteiger partial charge in [0.2, 0.25) is 5.91 Å². The van der Waals surface area contributed by atoms with Crippen molar-refractivity contribution < 1.29 is 9.69 Å². The second kappa shape index (κ2) is 6.89. The van der Waals surface area contributed by atoms with Crippen molar-refractivity contribution in [2.24, 2.45) is 5.92 Å². The average Bonchev–Trinajstić information content (AvgIpc) is 2.35. The van der Waals surface area contributed by atoms with E-state index in [0.29, 0.717) is 6.42 Å². The molecule has 1 heterocycles. The van der Waals surface area contributed by atoms with Crippen molar-refractivity contribution in [1.29, 1.82) is 0 Å². The highest BCUT2D eigenvalue weighted by molar-refractivity contribution is 5.90. The van der Waals surface area contributed by atoms with Crippen LogP contribution in [0.15, 0.2) is 18.2 Å². The number of aryl methyl sites for hydroxylation is 2. The zero-order valence-electron chi connectivity index (χ0n) is 13.0. The van der Waals surface area contributed by atoms with Crippen LogP contribution in [-0.4, -0.2) is 25.5 Å². The van der Waals surface area contributed by atoms with Crippen molar-refractivity contribution in [2.45, 2.75) is 40.0 Å². The van der Waals surface area contributed by atoms with E-state index in [-0.39, 0.29) is 5.91 Å². The lowest BCUT2D eigenvalue weighted by molar-refractivity contribution is -0.907. The molecule has 1 aliphatic rings. The Hall–Kier alpha value is -1.35. The molecule has 1 unspecified atom stereocenters. The molecule has 1 aromatic carbocycles. The summed E-state index contributed by atoms with van der Waals surface area (Å²) < 4.78 is 0. The lowest BCUT2D eigenvalue weighted by Gasteiger charge is -2.27. The first-order valence-electron chi connectivity index (χ1n) is 7.74. The number of carbonyl (C=O) groups is 1. The zero-order chi connectivity index (χ0) is 14.5. The number of benzene rings is 1. The molecule has 0 radical (unpaired) electrons. The minimum Gasteiger partial charge on any atom is -0.334 e. The normalized spacial score (nSPS) is 22.6. The number of anilines is 1. The van der Waals surface area contributed by atoms with Gasteiger partial charge in [0.25, 0.3) is 0 Å². The molecule has 1 aliphatic heterocycles. The summed E-state index contributed by atoms with van der Waals surface area (Å²) in [5.41, 5.74) is 3.31. The van der Waals surface area contributed by atoms with Crippen LogP contribution in [0.3, 0.4) is 0 Å². The number of piperidine rings is 1. The van der Waals surface area contributed by atoms with Crippen LogP contribution in [0.4, 0.5) is 5.69 Å². The van der Waals surface area contributed by atoms with E-state index >= 15 is 0 Å². The topological polar surface area (TPSA) is 33.5 Å². The monoisotopic (exact) mass is 275 g/mol. The standard InChI is InChI=1S/C17H26N2O/c1-13-5-4-7-19(12-13)8-6-17(20)18-16-10-14(2)9-15(3)11-16/h9-11,13H,4-8,12H2,1-3H3,(H,18,20)/p+1/t13-/m0/s1. The van der Waals surface area contributed by atoms with E-state index in [1.165, 1.54) is 37.1 Å². The van der Waals surface area contributed by atoms with Gasteiger partial charge in [0, 0.05) is 11.6 Å². The summed E-state index contributed by atoms with van der Waals surface area (Å²) in [6, 6.07) is 6.18. The Bertz CT molecular complexity index is 450. The van der Waals surface area contributed by atoms with Crippen molar-refractivity contribution in [3.63, 3.8) is 0 Å². The van der Waals surface area contributed by atoms with Gasteiger partial charge in [0.05, 0.1) is 26.1 Å². The number of amides is 1. The second-order valence-electron chi connectivity index (χ2n) is 6.38. The minimum atomic E-state index is 0.140. The summed E-state index contributed by atoms with van der Waals surface area (Å²) in [4.78, 5) is 13.6. The Morgan fingerprint density at radius 1 is 1.30 bits per heavy atom. The molecule has 110 valence electrons. The van der Waals surface area contributed by atoms with Crippen LogP contribution in [0.25, 0.3) is 0 Å². The molecule has 2 rings (SSSR count). The molecule has 3 nitrogen and oxygen atoms in total. The van der Waals surface area contributed by atoms with Crippen LogP contribution in [0.2, 0.25) is 0 Å². The van der Waals surface area contributed by atoms with E-state index < -0.39 is 0 Å². The molecule has 1 saturated heterocycles. The number of nitrogens with one attached hydrogen (secondary N) is 2. The molecular weight excluding hydrogens is 248 g/mol. The summed E-state index contributed by atoms with van der Waals surface area (Å²) in [6.07, 6.45) is 3.27. The summed E-state index contributed by atoms with van der Waals surface area (Å²) in [7, 11) is 0. The van der Waals surface area contributed by atoms with Gasteiger partial charge in [-0.1, -0.05) is 13.0 Å². The average molecular weight is 275 g/mol. The van der Waals surface area contributed by atoms with Gasteiger partial charge in [-0.2, -0.15) is 0 Å². The van der Waals surface area contributed by atoms with Gasteiger partial charge in [0.15, 0.2) is 0 Å². The fraction of sp³-hybridized carbons (Fsp3) is 0.588. The predicted octanol–water partition coefficient (Wildman–Crippen LogP) is 1.95. The Balaban J connectivity index is 1.80. The van der Waals surface area contributed by atoms with Crippen molar-refractivity contribution in [3.8, 4) is 0 Å². The summed E-state index contributed by atoms with van der Waals surface area (Å²) >= 11 is 0. The van der Waals surface area contributed by atoms with Crippen molar-refractivity contribution in [3.05, 3.63) is 29.3 Å². The van der Waals surface area contributed by atoms with Crippen LogP contribution in [0.5, 0.6) is 0 Å². The number of hydrogen-bond acceptors (Lipinski definition) is 1. The summed E-state index contributed by atoms with van der Waals surface area (Å²) in [5.74, 6) is 0.946. The molecule has 1 aromatic rings. The van der Waals surface area contributed by atoms with Crippen LogP contribution in [0, 0.1) is 19.8 Å². The highest BCUT2D eigenvalue weighted by atomic mass is 16.1.